The Labute approximate surface area is 88.5 Å². The lowest BCUT2D eigenvalue weighted by Gasteiger charge is -2.04. The molecule has 15 heavy (non-hydrogen) atoms. The molecule has 1 aromatic heterocycles. The van der Waals surface area contributed by atoms with Crippen molar-refractivity contribution in [1.29, 1.82) is 0 Å². The summed E-state index contributed by atoms with van der Waals surface area (Å²) in [6.07, 6.45) is 4.59. The van der Waals surface area contributed by atoms with E-state index in [1.807, 2.05) is 6.92 Å². The molecule has 0 amide bonds. The monoisotopic (exact) mass is 206 g/mol. The Balaban J connectivity index is 2.47. The van der Waals surface area contributed by atoms with E-state index in [9.17, 15) is 10.1 Å². The number of aryl methyl sites for hydroxylation is 3. The Bertz CT molecular complexity index is 402. The Kier molecular flexibility index (Phi) is 2.66. The van der Waals surface area contributed by atoms with Crippen LogP contribution < -0.4 is 0 Å². The number of pyridine rings is 1. The SMILES string of the molecule is CCCc1nc2c(cc1[N+](=O)[O-])CCC2. The van der Waals surface area contributed by atoms with Gasteiger partial charge in [0.25, 0.3) is 5.69 Å². The molecule has 0 atom stereocenters. The minimum atomic E-state index is -0.309. The van der Waals surface area contributed by atoms with Gasteiger partial charge in [-0.1, -0.05) is 13.3 Å². The summed E-state index contributed by atoms with van der Waals surface area (Å²) in [6.45, 7) is 2.01. The average Bonchev–Trinajstić information content (AvgIpc) is 2.63. The number of hydrogen-bond acceptors (Lipinski definition) is 3. The smallest absolute Gasteiger partial charge is 0.258 e. The van der Waals surface area contributed by atoms with E-state index >= 15 is 0 Å². The number of fused-ring (bicyclic) bond motifs is 1. The topological polar surface area (TPSA) is 56.0 Å². The second-order valence-electron chi connectivity index (χ2n) is 3.92. The highest BCUT2D eigenvalue weighted by Crippen LogP contribution is 2.27. The molecule has 0 saturated heterocycles. The Morgan fingerprint density at radius 3 is 3.00 bits per heavy atom. The van der Waals surface area contributed by atoms with E-state index in [1.165, 1.54) is 0 Å². The zero-order valence-corrected chi connectivity index (χ0v) is 8.82. The van der Waals surface area contributed by atoms with Crippen molar-refractivity contribution in [3.05, 3.63) is 33.1 Å². The first kappa shape index (κ1) is 10.1. The van der Waals surface area contributed by atoms with Gasteiger partial charge in [0.2, 0.25) is 0 Å². The molecule has 0 fully saturated rings. The molecule has 4 nitrogen and oxygen atoms in total. The number of nitro groups is 1. The number of hydrogen-bond donors (Lipinski definition) is 0. The van der Waals surface area contributed by atoms with Crippen LogP contribution in [0.2, 0.25) is 0 Å². The molecule has 0 aromatic carbocycles. The first-order valence-electron chi connectivity index (χ1n) is 5.38. The van der Waals surface area contributed by atoms with E-state index in [2.05, 4.69) is 4.98 Å². The van der Waals surface area contributed by atoms with Crippen LogP contribution in [0, 0.1) is 10.1 Å². The lowest BCUT2D eigenvalue weighted by Crippen LogP contribution is -2.02. The number of nitrogens with zero attached hydrogens (tertiary/aromatic N) is 2. The van der Waals surface area contributed by atoms with Crippen molar-refractivity contribution in [3.8, 4) is 0 Å². The molecule has 1 aromatic rings. The summed E-state index contributed by atoms with van der Waals surface area (Å²) in [4.78, 5) is 15.0. The minimum Gasteiger partial charge on any atom is -0.258 e. The third-order valence-corrected chi connectivity index (χ3v) is 2.79. The van der Waals surface area contributed by atoms with Gasteiger partial charge in [-0.25, -0.2) is 0 Å². The maximum Gasteiger partial charge on any atom is 0.291 e. The van der Waals surface area contributed by atoms with E-state index in [0.717, 1.165) is 36.9 Å². The Morgan fingerprint density at radius 1 is 1.53 bits per heavy atom. The highest BCUT2D eigenvalue weighted by molar-refractivity contribution is 5.42. The van der Waals surface area contributed by atoms with Crippen molar-refractivity contribution in [2.75, 3.05) is 0 Å². The largest absolute Gasteiger partial charge is 0.291 e. The van der Waals surface area contributed by atoms with E-state index in [0.29, 0.717) is 12.1 Å². The third kappa shape index (κ3) is 1.84. The lowest BCUT2D eigenvalue weighted by atomic mass is 10.1. The molecule has 0 unspecified atom stereocenters. The molecule has 0 bridgehead atoms. The molecule has 4 heteroatoms. The molecule has 1 heterocycles. The van der Waals surface area contributed by atoms with Gasteiger partial charge in [0.1, 0.15) is 5.69 Å². The minimum absolute atomic E-state index is 0.206. The van der Waals surface area contributed by atoms with Crippen LogP contribution in [-0.4, -0.2) is 9.91 Å². The van der Waals surface area contributed by atoms with Gasteiger partial charge in [-0.15, -0.1) is 0 Å². The van der Waals surface area contributed by atoms with Crippen molar-refractivity contribution in [3.63, 3.8) is 0 Å². The molecule has 1 aliphatic carbocycles. The van der Waals surface area contributed by atoms with Crippen LogP contribution in [0.5, 0.6) is 0 Å². The Hall–Kier alpha value is -1.45. The van der Waals surface area contributed by atoms with Gasteiger partial charge in [-0.05, 0) is 31.2 Å². The van der Waals surface area contributed by atoms with Gasteiger partial charge < -0.3 is 0 Å². The van der Waals surface area contributed by atoms with Gasteiger partial charge in [0.05, 0.1) is 4.92 Å². The van der Waals surface area contributed by atoms with Crippen LogP contribution in [0.25, 0.3) is 0 Å². The van der Waals surface area contributed by atoms with Crippen LogP contribution in [0.1, 0.15) is 36.7 Å². The lowest BCUT2D eigenvalue weighted by molar-refractivity contribution is -0.386. The molecule has 0 saturated carbocycles. The normalized spacial score (nSPS) is 13.9. The van der Waals surface area contributed by atoms with Gasteiger partial charge in [-0.3, -0.25) is 15.1 Å². The van der Waals surface area contributed by atoms with E-state index < -0.39 is 0 Å². The van der Waals surface area contributed by atoms with Gasteiger partial charge in [0.15, 0.2) is 0 Å². The van der Waals surface area contributed by atoms with E-state index in [1.54, 1.807) is 6.07 Å². The quantitative estimate of drug-likeness (QED) is 0.563. The molecule has 0 radical (unpaired) electrons. The fourth-order valence-electron chi connectivity index (χ4n) is 2.08. The summed E-state index contributed by atoms with van der Waals surface area (Å²) in [5.74, 6) is 0. The molecule has 1 aliphatic rings. The summed E-state index contributed by atoms with van der Waals surface area (Å²) in [7, 11) is 0. The number of aromatic nitrogens is 1. The second kappa shape index (κ2) is 3.96. The molecular weight excluding hydrogens is 192 g/mol. The molecule has 2 rings (SSSR count). The highest BCUT2D eigenvalue weighted by Gasteiger charge is 2.21. The summed E-state index contributed by atoms with van der Waals surface area (Å²) >= 11 is 0. The number of rotatable bonds is 3. The molecule has 0 N–H and O–H groups in total. The van der Waals surface area contributed by atoms with Gasteiger partial charge in [0, 0.05) is 11.8 Å². The van der Waals surface area contributed by atoms with Gasteiger partial charge >= 0.3 is 0 Å². The van der Waals surface area contributed by atoms with Crippen LogP contribution in [0.15, 0.2) is 6.07 Å². The van der Waals surface area contributed by atoms with Crippen LogP contribution >= 0.6 is 0 Å². The zero-order chi connectivity index (χ0) is 10.8. The summed E-state index contributed by atoms with van der Waals surface area (Å²) in [5.41, 5.74) is 3.01. The van der Waals surface area contributed by atoms with Crippen molar-refractivity contribution in [1.82, 2.24) is 4.98 Å². The van der Waals surface area contributed by atoms with Gasteiger partial charge in [-0.2, -0.15) is 0 Å². The average molecular weight is 206 g/mol. The zero-order valence-electron chi connectivity index (χ0n) is 8.82. The predicted octanol–water partition coefficient (Wildman–Crippen LogP) is 2.43. The molecular formula is C11H14N2O2. The fourth-order valence-corrected chi connectivity index (χ4v) is 2.08. The van der Waals surface area contributed by atoms with Crippen molar-refractivity contribution in [2.45, 2.75) is 39.0 Å². The summed E-state index contributed by atoms with van der Waals surface area (Å²) in [6, 6.07) is 1.72. The Morgan fingerprint density at radius 2 is 2.33 bits per heavy atom. The maximum atomic E-state index is 10.9. The van der Waals surface area contributed by atoms with E-state index in [-0.39, 0.29) is 10.6 Å². The predicted molar refractivity (Wildman–Crippen MR) is 56.9 cm³/mol. The summed E-state index contributed by atoms with van der Waals surface area (Å²) < 4.78 is 0. The maximum absolute atomic E-state index is 10.9. The second-order valence-corrected chi connectivity index (χ2v) is 3.92. The standard InChI is InChI=1S/C11H14N2O2/c1-2-4-10-11(13(14)15)7-8-5-3-6-9(8)12-10/h7H,2-6H2,1H3. The van der Waals surface area contributed by atoms with Crippen LogP contribution in [-0.2, 0) is 19.3 Å². The third-order valence-electron chi connectivity index (χ3n) is 2.79. The van der Waals surface area contributed by atoms with Crippen LogP contribution in [0.4, 0.5) is 5.69 Å². The van der Waals surface area contributed by atoms with Crippen molar-refractivity contribution < 1.29 is 4.92 Å². The summed E-state index contributed by atoms with van der Waals surface area (Å²) in [5, 5.41) is 10.9. The van der Waals surface area contributed by atoms with E-state index in [4.69, 9.17) is 0 Å². The van der Waals surface area contributed by atoms with Crippen LogP contribution in [0.3, 0.4) is 0 Å². The highest BCUT2D eigenvalue weighted by atomic mass is 16.6. The molecule has 0 aliphatic heterocycles. The van der Waals surface area contributed by atoms with Crippen molar-refractivity contribution in [2.24, 2.45) is 0 Å². The molecule has 80 valence electrons. The first-order valence-corrected chi connectivity index (χ1v) is 5.38. The fraction of sp³-hybridized carbons (Fsp3) is 0.545. The molecule has 0 spiro atoms. The first-order chi connectivity index (χ1) is 7.22. The van der Waals surface area contributed by atoms with Crippen molar-refractivity contribution >= 4 is 5.69 Å².